The summed E-state index contributed by atoms with van der Waals surface area (Å²) in [6, 6.07) is 4.84. The fourth-order valence-electron chi connectivity index (χ4n) is 1.59. The first-order valence-electron chi connectivity index (χ1n) is 6.66. The molecule has 0 radical (unpaired) electrons. The molecule has 2 N–H and O–H groups in total. The Kier molecular flexibility index (Phi) is 6.36. The number of nitrogens with one attached hydrogen (secondary N) is 1. The first kappa shape index (κ1) is 15.5. The number of ether oxygens (including phenoxy) is 1. The van der Waals surface area contributed by atoms with Crippen LogP contribution in [0.15, 0.2) is 18.2 Å². The first-order valence-corrected chi connectivity index (χ1v) is 6.66. The summed E-state index contributed by atoms with van der Waals surface area (Å²) in [6.07, 6.45) is 0.801. The molecule has 4 nitrogen and oxygen atoms in total. The van der Waals surface area contributed by atoms with Gasteiger partial charge in [0.25, 0.3) is 5.91 Å². The molecule has 0 aliphatic carbocycles. The van der Waals surface area contributed by atoms with Gasteiger partial charge in [-0.15, -0.1) is 0 Å². The van der Waals surface area contributed by atoms with Crippen molar-refractivity contribution in [2.75, 3.05) is 19.8 Å². The predicted octanol–water partition coefficient (Wildman–Crippen LogP) is 2.49. The number of hydrogen-bond donors (Lipinski definition) is 2. The van der Waals surface area contributed by atoms with Crippen LogP contribution in [0.25, 0.3) is 0 Å². The normalized spacial score (nSPS) is 10.7. The summed E-state index contributed by atoms with van der Waals surface area (Å²) in [5, 5.41) is 12.2. The van der Waals surface area contributed by atoms with E-state index in [1.54, 1.807) is 19.1 Å². The van der Waals surface area contributed by atoms with E-state index < -0.39 is 0 Å². The number of carbonyl (C=O) groups excluding carboxylic acids is 1. The van der Waals surface area contributed by atoms with Crippen LogP contribution in [0.2, 0.25) is 0 Å². The van der Waals surface area contributed by atoms with Crippen LogP contribution in [0.5, 0.6) is 5.75 Å². The van der Waals surface area contributed by atoms with Gasteiger partial charge in [-0.1, -0.05) is 13.8 Å². The quantitative estimate of drug-likeness (QED) is 0.745. The number of hydrogen-bond acceptors (Lipinski definition) is 3. The molecule has 0 saturated carbocycles. The third-order valence-electron chi connectivity index (χ3n) is 2.66. The molecule has 0 saturated heterocycles. The average Bonchev–Trinajstić information content (AvgIpc) is 2.36. The lowest BCUT2D eigenvalue weighted by molar-refractivity contribution is 0.0925. The van der Waals surface area contributed by atoms with Gasteiger partial charge in [-0.25, -0.2) is 0 Å². The van der Waals surface area contributed by atoms with E-state index in [0.717, 1.165) is 13.0 Å². The maximum atomic E-state index is 11.8. The van der Waals surface area contributed by atoms with E-state index in [2.05, 4.69) is 19.2 Å². The molecule has 106 valence electrons. The van der Waals surface area contributed by atoms with Crippen LogP contribution in [-0.4, -0.2) is 30.8 Å². The molecule has 0 atom stereocenters. The highest BCUT2D eigenvalue weighted by Gasteiger charge is 2.06. The van der Waals surface area contributed by atoms with E-state index in [1.807, 2.05) is 0 Å². The Morgan fingerprint density at radius 2 is 2.16 bits per heavy atom. The van der Waals surface area contributed by atoms with Crippen molar-refractivity contribution in [3.05, 3.63) is 29.3 Å². The van der Waals surface area contributed by atoms with E-state index in [0.29, 0.717) is 30.2 Å². The molecule has 1 aromatic carbocycles. The monoisotopic (exact) mass is 265 g/mol. The Balaban J connectivity index is 2.26. The Labute approximate surface area is 114 Å². The van der Waals surface area contributed by atoms with Gasteiger partial charge in [-0.05, 0) is 43.0 Å². The number of amides is 1. The number of aryl methyl sites for hydroxylation is 1. The molecule has 0 bridgehead atoms. The van der Waals surface area contributed by atoms with Gasteiger partial charge in [0.05, 0.1) is 0 Å². The van der Waals surface area contributed by atoms with E-state index in [9.17, 15) is 9.90 Å². The summed E-state index contributed by atoms with van der Waals surface area (Å²) in [6.45, 7) is 7.99. The summed E-state index contributed by atoms with van der Waals surface area (Å²) in [7, 11) is 0. The van der Waals surface area contributed by atoms with Crippen molar-refractivity contribution in [3.8, 4) is 5.75 Å². The average molecular weight is 265 g/mol. The van der Waals surface area contributed by atoms with Gasteiger partial charge in [0.2, 0.25) is 0 Å². The van der Waals surface area contributed by atoms with E-state index in [-0.39, 0.29) is 11.7 Å². The van der Waals surface area contributed by atoms with Crippen LogP contribution < -0.4 is 5.32 Å². The molecule has 0 aliphatic rings. The second-order valence-electron chi connectivity index (χ2n) is 5.08. The Bertz CT molecular complexity index is 416. The van der Waals surface area contributed by atoms with Gasteiger partial charge < -0.3 is 15.2 Å². The number of phenolic OH excluding ortho intramolecular Hbond substituents is 1. The van der Waals surface area contributed by atoms with Crippen LogP contribution in [0.3, 0.4) is 0 Å². The van der Waals surface area contributed by atoms with Crippen LogP contribution in [0.1, 0.15) is 36.2 Å². The molecule has 1 amide bonds. The van der Waals surface area contributed by atoms with Gasteiger partial charge in [-0.2, -0.15) is 0 Å². The molecule has 0 aliphatic heterocycles. The topological polar surface area (TPSA) is 58.6 Å². The van der Waals surface area contributed by atoms with Gasteiger partial charge in [0.1, 0.15) is 5.75 Å². The second kappa shape index (κ2) is 7.79. The Hall–Kier alpha value is -1.55. The molecule has 0 unspecified atom stereocenters. The molecule has 0 spiro atoms. The minimum absolute atomic E-state index is 0.119. The van der Waals surface area contributed by atoms with Gasteiger partial charge in [0, 0.05) is 25.3 Å². The zero-order chi connectivity index (χ0) is 14.3. The predicted molar refractivity (Wildman–Crippen MR) is 75.5 cm³/mol. The summed E-state index contributed by atoms with van der Waals surface area (Å²) in [4.78, 5) is 11.8. The molecule has 1 rings (SSSR count). The molecule has 4 heteroatoms. The first-order chi connectivity index (χ1) is 9.00. The van der Waals surface area contributed by atoms with Crippen LogP contribution in [-0.2, 0) is 4.74 Å². The van der Waals surface area contributed by atoms with Crippen molar-refractivity contribution in [2.45, 2.75) is 27.2 Å². The summed E-state index contributed by atoms with van der Waals surface area (Å²) in [5.41, 5.74) is 1.27. The minimum atomic E-state index is -0.119. The van der Waals surface area contributed by atoms with Crippen molar-refractivity contribution >= 4 is 5.91 Å². The number of benzene rings is 1. The number of phenols is 1. The number of carbonyl (C=O) groups is 1. The van der Waals surface area contributed by atoms with Crippen molar-refractivity contribution < 1.29 is 14.6 Å². The highest BCUT2D eigenvalue weighted by atomic mass is 16.5. The maximum Gasteiger partial charge on any atom is 0.251 e. The zero-order valence-electron chi connectivity index (χ0n) is 11.9. The van der Waals surface area contributed by atoms with Gasteiger partial charge in [0.15, 0.2) is 0 Å². The second-order valence-corrected chi connectivity index (χ2v) is 5.08. The van der Waals surface area contributed by atoms with Crippen molar-refractivity contribution in [2.24, 2.45) is 5.92 Å². The van der Waals surface area contributed by atoms with Gasteiger partial charge >= 0.3 is 0 Å². The minimum Gasteiger partial charge on any atom is -0.508 e. The molecule has 19 heavy (non-hydrogen) atoms. The van der Waals surface area contributed by atoms with Crippen molar-refractivity contribution in [3.63, 3.8) is 0 Å². The fourth-order valence-corrected chi connectivity index (χ4v) is 1.59. The zero-order valence-corrected chi connectivity index (χ0v) is 11.9. The fraction of sp³-hybridized carbons (Fsp3) is 0.533. The lowest BCUT2D eigenvalue weighted by Crippen LogP contribution is -2.25. The Morgan fingerprint density at radius 3 is 2.79 bits per heavy atom. The van der Waals surface area contributed by atoms with E-state index in [4.69, 9.17) is 4.74 Å². The molecular formula is C15H23NO3. The SMILES string of the molecule is Cc1cc(C(=O)NCCCOCC(C)C)ccc1O. The Morgan fingerprint density at radius 1 is 1.42 bits per heavy atom. The summed E-state index contributed by atoms with van der Waals surface area (Å²) >= 11 is 0. The summed E-state index contributed by atoms with van der Waals surface area (Å²) in [5.74, 6) is 0.625. The molecule has 0 fully saturated rings. The van der Waals surface area contributed by atoms with Crippen LogP contribution in [0, 0.1) is 12.8 Å². The highest BCUT2D eigenvalue weighted by Crippen LogP contribution is 2.16. The van der Waals surface area contributed by atoms with Crippen molar-refractivity contribution in [1.29, 1.82) is 0 Å². The largest absolute Gasteiger partial charge is 0.508 e. The molecule has 1 aromatic rings. The highest BCUT2D eigenvalue weighted by molar-refractivity contribution is 5.94. The molecule has 0 heterocycles. The standard InChI is InChI=1S/C15H23NO3/c1-11(2)10-19-8-4-7-16-15(18)13-5-6-14(17)12(3)9-13/h5-6,9,11,17H,4,7-8,10H2,1-3H3,(H,16,18). The number of aromatic hydroxyl groups is 1. The van der Waals surface area contributed by atoms with Gasteiger partial charge in [-0.3, -0.25) is 4.79 Å². The third-order valence-corrected chi connectivity index (χ3v) is 2.66. The summed E-state index contributed by atoms with van der Waals surface area (Å²) < 4.78 is 5.43. The van der Waals surface area contributed by atoms with Crippen LogP contribution in [0.4, 0.5) is 0 Å². The number of rotatable bonds is 7. The van der Waals surface area contributed by atoms with E-state index in [1.165, 1.54) is 6.07 Å². The molecule has 0 aromatic heterocycles. The van der Waals surface area contributed by atoms with Crippen molar-refractivity contribution in [1.82, 2.24) is 5.32 Å². The molecular weight excluding hydrogens is 242 g/mol. The lowest BCUT2D eigenvalue weighted by atomic mass is 10.1. The maximum absolute atomic E-state index is 11.8. The smallest absolute Gasteiger partial charge is 0.251 e. The van der Waals surface area contributed by atoms with E-state index >= 15 is 0 Å². The lowest BCUT2D eigenvalue weighted by Gasteiger charge is -2.08. The van der Waals surface area contributed by atoms with Crippen LogP contribution >= 0.6 is 0 Å². The third kappa shape index (κ3) is 5.75.